The third-order valence-electron chi connectivity index (χ3n) is 4.18. The number of rotatable bonds is 5. The van der Waals surface area contributed by atoms with Crippen LogP contribution in [0.4, 0.5) is 5.69 Å². The van der Waals surface area contributed by atoms with Gasteiger partial charge < -0.3 is 15.5 Å². The molecule has 0 aliphatic carbocycles. The molecule has 2 heterocycles. The van der Waals surface area contributed by atoms with Crippen molar-refractivity contribution in [3.63, 3.8) is 0 Å². The van der Waals surface area contributed by atoms with Gasteiger partial charge in [0.1, 0.15) is 5.76 Å². The summed E-state index contributed by atoms with van der Waals surface area (Å²) in [4.78, 5) is 6.98. The quantitative estimate of drug-likeness (QED) is 0.657. The minimum absolute atomic E-state index is 0.154. The smallest absolute Gasteiger partial charge is 0.193 e. The Labute approximate surface area is 137 Å². The van der Waals surface area contributed by atoms with Gasteiger partial charge in [-0.1, -0.05) is 24.6 Å². The zero-order valence-corrected chi connectivity index (χ0v) is 13.3. The van der Waals surface area contributed by atoms with Crippen molar-refractivity contribution < 1.29 is 4.42 Å². The lowest BCUT2D eigenvalue weighted by Crippen LogP contribution is -2.36. The van der Waals surface area contributed by atoms with Crippen LogP contribution in [0.1, 0.15) is 31.1 Å². The molecule has 5 heteroatoms. The molecule has 0 amide bonds. The van der Waals surface area contributed by atoms with Gasteiger partial charge in [0.2, 0.25) is 0 Å². The molecule has 0 saturated carbocycles. The summed E-state index contributed by atoms with van der Waals surface area (Å²) < 4.78 is 5.63. The van der Waals surface area contributed by atoms with Crippen molar-refractivity contribution in [3.05, 3.63) is 54.5 Å². The predicted octanol–water partition coefficient (Wildman–Crippen LogP) is 3.23. The van der Waals surface area contributed by atoms with Crippen LogP contribution in [0, 0.1) is 0 Å². The molecule has 1 aliphatic rings. The fourth-order valence-corrected chi connectivity index (χ4v) is 2.99. The summed E-state index contributed by atoms with van der Waals surface area (Å²) in [5, 5.41) is 3.12. The van der Waals surface area contributed by atoms with Gasteiger partial charge in [0.15, 0.2) is 5.96 Å². The molecule has 3 N–H and O–H groups in total. The monoisotopic (exact) mass is 312 g/mol. The van der Waals surface area contributed by atoms with E-state index in [-0.39, 0.29) is 6.04 Å². The Bertz CT molecular complexity index is 603. The second-order valence-corrected chi connectivity index (χ2v) is 5.84. The number of furan rings is 1. The zero-order chi connectivity index (χ0) is 15.9. The summed E-state index contributed by atoms with van der Waals surface area (Å²) in [5.74, 6) is 1.40. The van der Waals surface area contributed by atoms with E-state index in [4.69, 9.17) is 10.2 Å². The Kier molecular flexibility index (Phi) is 5.32. The highest BCUT2D eigenvalue weighted by atomic mass is 16.3. The lowest BCUT2D eigenvalue weighted by atomic mass is 10.1. The van der Waals surface area contributed by atoms with E-state index in [9.17, 15) is 0 Å². The van der Waals surface area contributed by atoms with E-state index in [1.54, 1.807) is 6.26 Å². The van der Waals surface area contributed by atoms with Crippen LogP contribution >= 0.6 is 0 Å². The van der Waals surface area contributed by atoms with Gasteiger partial charge in [-0.2, -0.15) is 0 Å². The third-order valence-corrected chi connectivity index (χ3v) is 4.18. The number of piperidine rings is 1. The molecule has 1 aliphatic heterocycles. The Hall–Kier alpha value is -2.27. The largest absolute Gasteiger partial charge is 0.468 e. The second kappa shape index (κ2) is 7.83. The molecule has 1 aromatic carbocycles. The van der Waals surface area contributed by atoms with E-state index in [0.717, 1.165) is 24.5 Å². The van der Waals surface area contributed by atoms with Crippen LogP contribution in [-0.2, 0) is 0 Å². The molecule has 0 bridgehead atoms. The molecule has 0 unspecified atom stereocenters. The minimum Gasteiger partial charge on any atom is -0.468 e. The fraction of sp³-hybridized carbons (Fsp3) is 0.389. The van der Waals surface area contributed by atoms with Gasteiger partial charge in [0.25, 0.3) is 0 Å². The van der Waals surface area contributed by atoms with Crippen LogP contribution in [0.5, 0.6) is 0 Å². The van der Waals surface area contributed by atoms with Crippen molar-refractivity contribution in [3.8, 4) is 0 Å². The average molecular weight is 312 g/mol. The first kappa shape index (κ1) is 15.6. The summed E-state index contributed by atoms with van der Waals surface area (Å²) in [6.45, 7) is 2.78. The molecule has 1 atom stereocenters. The van der Waals surface area contributed by atoms with E-state index >= 15 is 0 Å². The summed E-state index contributed by atoms with van der Waals surface area (Å²) >= 11 is 0. The van der Waals surface area contributed by atoms with E-state index in [1.807, 2.05) is 42.5 Å². The third kappa shape index (κ3) is 4.36. The molecular weight excluding hydrogens is 288 g/mol. The first-order valence-corrected chi connectivity index (χ1v) is 8.22. The summed E-state index contributed by atoms with van der Waals surface area (Å²) in [7, 11) is 0. The molecule has 2 aromatic rings. The van der Waals surface area contributed by atoms with Crippen LogP contribution < -0.4 is 11.1 Å². The van der Waals surface area contributed by atoms with Crippen LogP contribution in [-0.4, -0.2) is 30.5 Å². The average Bonchev–Trinajstić information content (AvgIpc) is 3.11. The van der Waals surface area contributed by atoms with E-state index < -0.39 is 0 Å². The number of anilines is 1. The highest BCUT2D eigenvalue weighted by Crippen LogP contribution is 2.25. The van der Waals surface area contributed by atoms with Crippen molar-refractivity contribution in [1.29, 1.82) is 0 Å². The highest BCUT2D eigenvalue weighted by Gasteiger charge is 2.24. The van der Waals surface area contributed by atoms with Gasteiger partial charge in [0.05, 0.1) is 18.8 Å². The molecule has 122 valence electrons. The van der Waals surface area contributed by atoms with Crippen molar-refractivity contribution in [2.24, 2.45) is 10.7 Å². The Morgan fingerprint density at radius 3 is 2.61 bits per heavy atom. The van der Waals surface area contributed by atoms with Gasteiger partial charge >= 0.3 is 0 Å². The molecule has 23 heavy (non-hydrogen) atoms. The first-order valence-electron chi connectivity index (χ1n) is 8.22. The number of benzene rings is 1. The molecule has 1 fully saturated rings. The fourth-order valence-electron chi connectivity index (χ4n) is 2.99. The Morgan fingerprint density at radius 2 is 1.91 bits per heavy atom. The second-order valence-electron chi connectivity index (χ2n) is 5.84. The molecule has 0 spiro atoms. The maximum absolute atomic E-state index is 6.03. The van der Waals surface area contributed by atoms with Crippen LogP contribution in [0.15, 0.2) is 58.1 Å². The lowest BCUT2D eigenvalue weighted by molar-refractivity contribution is 0.150. The number of nitrogens with zero attached hydrogens (tertiary/aromatic N) is 2. The number of nitrogens with one attached hydrogen (secondary N) is 1. The number of guanidine groups is 1. The number of para-hydroxylation sites is 1. The van der Waals surface area contributed by atoms with Crippen LogP contribution in [0.2, 0.25) is 0 Å². The van der Waals surface area contributed by atoms with Gasteiger partial charge in [0, 0.05) is 5.69 Å². The predicted molar refractivity (Wildman–Crippen MR) is 93.4 cm³/mol. The van der Waals surface area contributed by atoms with Crippen molar-refractivity contribution in [2.75, 3.05) is 25.0 Å². The first-order chi connectivity index (χ1) is 11.3. The summed E-state index contributed by atoms with van der Waals surface area (Å²) in [6, 6.07) is 14.0. The molecule has 0 radical (unpaired) electrons. The molecule has 3 rings (SSSR count). The number of hydrogen-bond donors (Lipinski definition) is 2. The molecule has 1 aromatic heterocycles. The minimum atomic E-state index is 0.154. The van der Waals surface area contributed by atoms with Crippen molar-refractivity contribution in [1.82, 2.24) is 4.90 Å². The standard InChI is InChI=1S/C18H24N4O/c19-18(21-15-8-3-1-4-9-15)20-14-16(17-10-7-13-23-17)22-11-5-2-6-12-22/h1,3-4,7-10,13,16H,2,5-6,11-12,14H2,(H3,19,20,21)/t16-/m0/s1. The number of aliphatic imine (C=N–C) groups is 1. The van der Waals surface area contributed by atoms with Gasteiger partial charge in [-0.15, -0.1) is 0 Å². The highest BCUT2D eigenvalue weighted by molar-refractivity contribution is 5.92. The number of likely N-dealkylation sites (tertiary alicyclic amines) is 1. The normalized spacial score (nSPS) is 17.8. The topological polar surface area (TPSA) is 66.8 Å². The van der Waals surface area contributed by atoms with E-state index in [1.165, 1.54) is 19.3 Å². The van der Waals surface area contributed by atoms with Gasteiger partial charge in [-0.05, 0) is 50.2 Å². The zero-order valence-electron chi connectivity index (χ0n) is 13.3. The number of nitrogens with two attached hydrogens (primary N) is 1. The van der Waals surface area contributed by atoms with Crippen LogP contribution in [0.25, 0.3) is 0 Å². The van der Waals surface area contributed by atoms with Gasteiger partial charge in [-0.25, -0.2) is 0 Å². The summed E-state index contributed by atoms with van der Waals surface area (Å²) in [5.41, 5.74) is 6.97. The van der Waals surface area contributed by atoms with E-state index in [2.05, 4.69) is 15.2 Å². The number of hydrogen-bond acceptors (Lipinski definition) is 3. The lowest BCUT2D eigenvalue weighted by Gasteiger charge is -2.32. The Balaban J connectivity index is 1.67. The van der Waals surface area contributed by atoms with Gasteiger partial charge in [-0.3, -0.25) is 9.89 Å². The Morgan fingerprint density at radius 1 is 1.13 bits per heavy atom. The molecule has 5 nitrogen and oxygen atoms in total. The maximum Gasteiger partial charge on any atom is 0.193 e. The SMILES string of the molecule is NC(=NC[C@@H](c1ccco1)N1CCCCC1)Nc1ccccc1. The van der Waals surface area contributed by atoms with Crippen molar-refractivity contribution in [2.45, 2.75) is 25.3 Å². The van der Waals surface area contributed by atoms with E-state index in [0.29, 0.717) is 12.5 Å². The summed E-state index contributed by atoms with van der Waals surface area (Å²) in [6.07, 6.45) is 5.50. The molecule has 1 saturated heterocycles. The maximum atomic E-state index is 6.03. The van der Waals surface area contributed by atoms with Crippen molar-refractivity contribution >= 4 is 11.6 Å². The molecular formula is C18H24N4O. The van der Waals surface area contributed by atoms with Crippen LogP contribution in [0.3, 0.4) is 0 Å².